The van der Waals surface area contributed by atoms with Gasteiger partial charge in [0.15, 0.2) is 0 Å². The third kappa shape index (κ3) is 2.59. The molecule has 0 aliphatic carbocycles. The Hall–Kier alpha value is -0.870. The molecule has 18 heavy (non-hydrogen) atoms. The van der Waals surface area contributed by atoms with E-state index in [4.69, 9.17) is 9.84 Å². The number of nitrogens with one attached hydrogen (secondary N) is 1. The molecule has 1 fully saturated rings. The maximum atomic E-state index is 5.50. The van der Waals surface area contributed by atoms with E-state index in [1.165, 1.54) is 17.0 Å². The van der Waals surface area contributed by atoms with Crippen molar-refractivity contribution in [2.45, 2.75) is 52.6 Å². The van der Waals surface area contributed by atoms with Gasteiger partial charge in [0.1, 0.15) is 0 Å². The van der Waals surface area contributed by atoms with Crippen LogP contribution in [-0.4, -0.2) is 29.5 Å². The number of rotatable bonds is 6. The van der Waals surface area contributed by atoms with Gasteiger partial charge in [0.05, 0.1) is 18.3 Å². The topological polar surface area (TPSA) is 39.1 Å². The minimum absolute atomic E-state index is 0.445. The van der Waals surface area contributed by atoms with Gasteiger partial charge in [-0.1, -0.05) is 20.8 Å². The molecule has 0 radical (unpaired) electrons. The summed E-state index contributed by atoms with van der Waals surface area (Å²) < 4.78 is 7.73. The third-order valence-corrected chi connectivity index (χ3v) is 3.67. The van der Waals surface area contributed by atoms with Gasteiger partial charge < -0.3 is 10.1 Å². The van der Waals surface area contributed by atoms with Crippen molar-refractivity contribution >= 4 is 0 Å². The standard InChI is InChI=1S/C14H25N3O/c1-4-13-12(9-15-6-3)14(5-2)17(16-13)11-7-8-18-10-11/h11,15H,4-10H2,1-3H3. The van der Waals surface area contributed by atoms with E-state index >= 15 is 0 Å². The maximum absolute atomic E-state index is 5.50. The van der Waals surface area contributed by atoms with Crippen molar-refractivity contribution in [3.05, 3.63) is 17.0 Å². The lowest BCUT2D eigenvalue weighted by molar-refractivity contribution is 0.184. The smallest absolute Gasteiger partial charge is 0.0777 e. The number of aryl methyl sites for hydroxylation is 1. The van der Waals surface area contributed by atoms with E-state index in [0.717, 1.165) is 45.6 Å². The van der Waals surface area contributed by atoms with E-state index in [0.29, 0.717) is 6.04 Å². The number of hydrogen-bond donors (Lipinski definition) is 1. The summed E-state index contributed by atoms with van der Waals surface area (Å²) in [7, 11) is 0. The SMILES string of the molecule is CCNCc1c(CC)nn(C2CCOC2)c1CC. The van der Waals surface area contributed by atoms with E-state index in [1.54, 1.807) is 0 Å². The van der Waals surface area contributed by atoms with Crippen molar-refractivity contribution in [3.8, 4) is 0 Å². The summed E-state index contributed by atoms with van der Waals surface area (Å²) in [5, 5.41) is 8.26. The molecule has 102 valence electrons. The van der Waals surface area contributed by atoms with Gasteiger partial charge in [-0.05, 0) is 25.8 Å². The van der Waals surface area contributed by atoms with Gasteiger partial charge in [-0.15, -0.1) is 0 Å². The van der Waals surface area contributed by atoms with Crippen LogP contribution in [0.2, 0.25) is 0 Å². The number of aromatic nitrogens is 2. The van der Waals surface area contributed by atoms with Crippen LogP contribution in [0.1, 0.15) is 50.2 Å². The molecular formula is C14H25N3O. The van der Waals surface area contributed by atoms with Crippen molar-refractivity contribution < 1.29 is 4.74 Å². The second-order valence-electron chi connectivity index (χ2n) is 4.82. The summed E-state index contributed by atoms with van der Waals surface area (Å²) in [6, 6.07) is 0.445. The highest BCUT2D eigenvalue weighted by molar-refractivity contribution is 5.27. The van der Waals surface area contributed by atoms with Gasteiger partial charge in [0.25, 0.3) is 0 Å². The predicted molar refractivity (Wildman–Crippen MR) is 72.8 cm³/mol. The first-order valence-electron chi connectivity index (χ1n) is 7.19. The molecule has 1 aliphatic rings. The Kier molecular flexibility index (Phi) is 4.78. The zero-order valence-corrected chi connectivity index (χ0v) is 11.8. The molecule has 1 N–H and O–H groups in total. The van der Waals surface area contributed by atoms with Gasteiger partial charge in [0.2, 0.25) is 0 Å². The van der Waals surface area contributed by atoms with Gasteiger partial charge in [-0.2, -0.15) is 5.10 Å². The van der Waals surface area contributed by atoms with E-state index < -0.39 is 0 Å². The normalized spacial score (nSPS) is 19.6. The summed E-state index contributed by atoms with van der Waals surface area (Å²) in [6.07, 6.45) is 3.15. The molecule has 0 amide bonds. The van der Waals surface area contributed by atoms with Crippen LogP contribution >= 0.6 is 0 Å². The number of ether oxygens (including phenoxy) is 1. The average Bonchev–Trinajstić information content (AvgIpc) is 3.02. The molecule has 0 bridgehead atoms. The molecular weight excluding hydrogens is 226 g/mol. The first-order chi connectivity index (χ1) is 8.81. The van der Waals surface area contributed by atoms with Gasteiger partial charge in [-0.3, -0.25) is 4.68 Å². The molecule has 4 heteroatoms. The third-order valence-electron chi connectivity index (χ3n) is 3.67. The lowest BCUT2D eigenvalue weighted by atomic mass is 10.1. The molecule has 2 heterocycles. The summed E-state index contributed by atoms with van der Waals surface area (Å²) in [4.78, 5) is 0. The summed E-state index contributed by atoms with van der Waals surface area (Å²) in [5.74, 6) is 0. The second kappa shape index (κ2) is 6.34. The molecule has 4 nitrogen and oxygen atoms in total. The lowest BCUT2D eigenvalue weighted by Gasteiger charge is -2.13. The van der Waals surface area contributed by atoms with Crippen LogP contribution < -0.4 is 5.32 Å². The summed E-state index contributed by atoms with van der Waals surface area (Å²) >= 11 is 0. The van der Waals surface area contributed by atoms with Crippen molar-refractivity contribution in [1.82, 2.24) is 15.1 Å². The Bertz CT molecular complexity index is 381. The van der Waals surface area contributed by atoms with Crippen LogP contribution in [0, 0.1) is 0 Å². The van der Waals surface area contributed by atoms with Crippen molar-refractivity contribution in [2.75, 3.05) is 19.8 Å². The Morgan fingerprint density at radius 1 is 1.33 bits per heavy atom. The van der Waals surface area contributed by atoms with Crippen LogP contribution in [-0.2, 0) is 24.1 Å². The molecule has 1 saturated heterocycles. The quantitative estimate of drug-likeness (QED) is 0.841. The molecule has 0 spiro atoms. The second-order valence-corrected chi connectivity index (χ2v) is 4.82. The van der Waals surface area contributed by atoms with Gasteiger partial charge in [-0.25, -0.2) is 0 Å². The fourth-order valence-corrected chi connectivity index (χ4v) is 2.69. The fourth-order valence-electron chi connectivity index (χ4n) is 2.69. The zero-order chi connectivity index (χ0) is 13.0. The Morgan fingerprint density at radius 2 is 2.17 bits per heavy atom. The van der Waals surface area contributed by atoms with Crippen LogP contribution in [0.25, 0.3) is 0 Å². The van der Waals surface area contributed by atoms with E-state index in [-0.39, 0.29) is 0 Å². The van der Waals surface area contributed by atoms with Crippen molar-refractivity contribution in [3.63, 3.8) is 0 Å². The fraction of sp³-hybridized carbons (Fsp3) is 0.786. The average molecular weight is 251 g/mol. The Labute approximate surface area is 110 Å². The highest BCUT2D eigenvalue weighted by Crippen LogP contribution is 2.25. The lowest BCUT2D eigenvalue weighted by Crippen LogP contribution is -2.16. The molecule has 1 unspecified atom stereocenters. The van der Waals surface area contributed by atoms with Crippen LogP contribution in [0.4, 0.5) is 0 Å². The first kappa shape index (κ1) is 13.6. The molecule has 2 rings (SSSR count). The number of hydrogen-bond acceptors (Lipinski definition) is 3. The molecule has 0 aromatic carbocycles. The van der Waals surface area contributed by atoms with Gasteiger partial charge >= 0.3 is 0 Å². The highest BCUT2D eigenvalue weighted by atomic mass is 16.5. The maximum Gasteiger partial charge on any atom is 0.0777 e. The van der Waals surface area contributed by atoms with Crippen molar-refractivity contribution in [2.24, 2.45) is 0 Å². The minimum Gasteiger partial charge on any atom is -0.379 e. The van der Waals surface area contributed by atoms with Crippen LogP contribution in [0.15, 0.2) is 0 Å². The molecule has 1 aromatic rings. The van der Waals surface area contributed by atoms with E-state index in [2.05, 4.69) is 30.8 Å². The van der Waals surface area contributed by atoms with Crippen LogP contribution in [0.3, 0.4) is 0 Å². The largest absolute Gasteiger partial charge is 0.379 e. The predicted octanol–water partition coefficient (Wildman–Crippen LogP) is 2.08. The summed E-state index contributed by atoms with van der Waals surface area (Å²) in [5.41, 5.74) is 4.05. The summed E-state index contributed by atoms with van der Waals surface area (Å²) in [6.45, 7) is 10.2. The molecule has 1 aliphatic heterocycles. The van der Waals surface area contributed by atoms with Crippen molar-refractivity contribution in [1.29, 1.82) is 0 Å². The zero-order valence-electron chi connectivity index (χ0n) is 11.8. The van der Waals surface area contributed by atoms with Crippen LogP contribution in [0.5, 0.6) is 0 Å². The molecule has 0 saturated carbocycles. The number of nitrogens with zero attached hydrogens (tertiary/aromatic N) is 2. The highest BCUT2D eigenvalue weighted by Gasteiger charge is 2.24. The Balaban J connectivity index is 2.30. The molecule has 1 aromatic heterocycles. The minimum atomic E-state index is 0.445. The molecule has 1 atom stereocenters. The van der Waals surface area contributed by atoms with Gasteiger partial charge in [0, 0.05) is 24.4 Å². The Morgan fingerprint density at radius 3 is 2.72 bits per heavy atom. The monoisotopic (exact) mass is 251 g/mol. The van der Waals surface area contributed by atoms with E-state index in [9.17, 15) is 0 Å². The van der Waals surface area contributed by atoms with E-state index in [1.807, 2.05) is 0 Å². The first-order valence-corrected chi connectivity index (χ1v) is 7.19.